The topological polar surface area (TPSA) is 63.1 Å². The third-order valence-corrected chi connectivity index (χ3v) is 5.15. The number of aromatic nitrogens is 2. The fourth-order valence-corrected chi connectivity index (χ4v) is 3.59. The van der Waals surface area contributed by atoms with Crippen LogP contribution in [0.3, 0.4) is 0 Å². The molecule has 21 heavy (non-hydrogen) atoms. The van der Waals surface area contributed by atoms with Crippen LogP contribution in [0.25, 0.3) is 10.9 Å². The highest BCUT2D eigenvalue weighted by Crippen LogP contribution is 2.37. The summed E-state index contributed by atoms with van der Waals surface area (Å²) < 4.78 is 0.995. The van der Waals surface area contributed by atoms with Crippen LogP contribution < -0.4 is 0 Å². The van der Waals surface area contributed by atoms with Gasteiger partial charge in [-0.3, -0.25) is 4.79 Å². The molecule has 0 unspecified atom stereocenters. The summed E-state index contributed by atoms with van der Waals surface area (Å²) >= 11 is 4.98. The van der Waals surface area contributed by atoms with Crippen molar-refractivity contribution in [3.63, 3.8) is 0 Å². The third kappa shape index (κ3) is 3.37. The lowest BCUT2D eigenvalue weighted by Gasteiger charge is -2.24. The second-order valence-electron chi connectivity index (χ2n) is 5.17. The van der Waals surface area contributed by atoms with Gasteiger partial charge in [0, 0.05) is 21.5 Å². The predicted octanol–water partition coefficient (Wildman–Crippen LogP) is 4.23. The van der Waals surface area contributed by atoms with Crippen molar-refractivity contribution in [3.8, 4) is 0 Å². The quantitative estimate of drug-likeness (QED) is 0.633. The maximum Gasteiger partial charge on any atom is 0.304 e. The Kier molecular flexibility index (Phi) is 4.45. The van der Waals surface area contributed by atoms with Crippen LogP contribution in [0.1, 0.15) is 37.4 Å². The van der Waals surface area contributed by atoms with Crippen LogP contribution in [0.5, 0.6) is 0 Å². The molecule has 0 atom stereocenters. The number of nitrogens with zero attached hydrogens (tertiary/aromatic N) is 2. The summed E-state index contributed by atoms with van der Waals surface area (Å²) in [6.45, 7) is 0. The molecule has 0 bridgehead atoms. The maximum atomic E-state index is 10.7. The van der Waals surface area contributed by atoms with Crippen molar-refractivity contribution < 1.29 is 9.90 Å². The van der Waals surface area contributed by atoms with Crippen molar-refractivity contribution in [2.45, 2.75) is 36.6 Å². The summed E-state index contributed by atoms with van der Waals surface area (Å²) in [7, 11) is 0. The van der Waals surface area contributed by atoms with Crippen LogP contribution in [-0.2, 0) is 4.79 Å². The number of carbonyl (C=O) groups is 1. The van der Waals surface area contributed by atoms with Gasteiger partial charge >= 0.3 is 5.97 Å². The first-order chi connectivity index (χ1) is 10.1. The Morgan fingerprint density at radius 1 is 1.38 bits per heavy atom. The van der Waals surface area contributed by atoms with Crippen LogP contribution >= 0.6 is 27.7 Å². The SMILES string of the molecule is O=C(O)CCSc1nc(C2CCC2)nc2cc(Br)ccc12. The first kappa shape index (κ1) is 14.8. The van der Waals surface area contributed by atoms with Gasteiger partial charge in [0.25, 0.3) is 0 Å². The molecule has 1 aromatic heterocycles. The molecule has 1 aliphatic rings. The van der Waals surface area contributed by atoms with Gasteiger partial charge in [-0.2, -0.15) is 0 Å². The Bertz CT molecular complexity index is 689. The third-order valence-electron chi connectivity index (χ3n) is 3.67. The lowest BCUT2D eigenvalue weighted by atomic mass is 9.85. The zero-order chi connectivity index (χ0) is 14.8. The number of halogens is 1. The second kappa shape index (κ2) is 6.32. The molecule has 0 radical (unpaired) electrons. The number of aliphatic carboxylic acids is 1. The first-order valence-corrected chi connectivity index (χ1v) is 8.73. The lowest BCUT2D eigenvalue weighted by Crippen LogP contribution is -2.13. The average Bonchev–Trinajstić information content (AvgIpc) is 2.35. The normalized spacial score (nSPS) is 15.1. The van der Waals surface area contributed by atoms with E-state index in [4.69, 9.17) is 15.1 Å². The lowest BCUT2D eigenvalue weighted by molar-refractivity contribution is -0.136. The fraction of sp³-hybridized carbons (Fsp3) is 0.400. The van der Waals surface area contributed by atoms with Crippen molar-refractivity contribution in [1.29, 1.82) is 0 Å². The van der Waals surface area contributed by atoms with Crippen molar-refractivity contribution in [2.24, 2.45) is 0 Å². The van der Waals surface area contributed by atoms with E-state index in [0.717, 1.165) is 39.1 Å². The van der Waals surface area contributed by atoms with Gasteiger partial charge in [0.1, 0.15) is 10.9 Å². The molecule has 1 aromatic carbocycles. The number of hydrogen-bond acceptors (Lipinski definition) is 4. The zero-order valence-electron chi connectivity index (χ0n) is 11.4. The number of benzene rings is 1. The molecule has 3 rings (SSSR count). The minimum atomic E-state index is -0.775. The number of rotatable bonds is 5. The van der Waals surface area contributed by atoms with E-state index in [1.165, 1.54) is 18.2 Å². The van der Waals surface area contributed by atoms with Crippen LogP contribution in [0, 0.1) is 0 Å². The first-order valence-electron chi connectivity index (χ1n) is 6.95. The minimum Gasteiger partial charge on any atom is -0.481 e. The molecular weight excluding hydrogens is 352 g/mol. The van der Waals surface area contributed by atoms with E-state index < -0.39 is 5.97 Å². The van der Waals surface area contributed by atoms with Crippen molar-refractivity contribution >= 4 is 44.6 Å². The molecule has 1 saturated carbocycles. The van der Waals surface area contributed by atoms with Gasteiger partial charge in [-0.1, -0.05) is 22.4 Å². The van der Waals surface area contributed by atoms with Crippen molar-refractivity contribution in [1.82, 2.24) is 9.97 Å². The molecule has 1 fully saturated rings. The molecule has 0 saturated heterocycles. The highest BCUT2D eigenvalue weighted by atomic mass is 79.9. The summed E-state index contributed by atoms with van der Waals surface area (Å²) in [6.07, 6.45) is 3.69. The maximum absolute atomic E-state index is 10.7. The predicted molar refractivity (Wildman–Crippen MR) is 86.8 cm³/mol. The number of hydrogen-bond donors (Lipinski definition) is 1. The fourth-order valence-electron chi connectivity index (χ4n) is 2.28. The molecule has 0 aliphatic heterocycles. The Balaban J connectivity index is 1.96. The highest BCUT2D eigenvalue weighted by Gasteiger charge is 2.23. The molecule has 1 aliphatic carbocycles. The monoisotopic (exact) mass is 366 g/mol. The van der Waals surface area contributed by atoms with Gasteiger partial charge in [-0.05, 0) is 31.0 Å². The number of carboxylic acid groups (broad SMARTS) is 1. The summed E-state index contributed by atoms with van der Waals surface area (Å²) in [5, 5.41) is 10.7. The molecule has 1 heterocycles. The van der Waals surface area contributed by atoms with E-state index in [-0.39, 0.29) is 6.42 Å². The summed E-state index contributed by atoms with van der Waals surface area (Å²) in [6, 6.07) is 5.96. The molecule has 110 valence electrons. The van der Waals surface area contributed by atoms with E-state index in [9.17, 15) is 4.79 Å². The van der Waals surface area contributed by atoms with Crippen molar-refractivity contribution in [2.75, 3.05) is 5.75 Å². The van der Waals surface area contributed by atoms with Crippen LogP contribution in [0.2, 0.25) is 0 Å². The van der Waals surface area contributed by atoms with Gasteiger partial charge in [0.05, 0.1) is 11.9 Å². The molecule has 1 N–H and O–H groups in total. The van der Waals surface area contributed by atoms with E-state index in [2.05, 4.69) is 15.9 Å². The molecule has 4 nitrogen and oxygen atoms in total. The number of thioether (sulfide) groups is 1. The van der Waals surface area contributed by atoms with Gasteiger partial charge in [-0.15, -0.1) is 11.8 Å². The molecule has 0 amide bonds. The summed E-state index contributed by atoms with van der Waals surface area (Å²) in [4.78, 5) is 20.1. The van der Waals surface area contributed by atoms with Gasteiger partial charge < -0.3 is 5.11 Å². The number of carboxylic acids is 1. The Morgan fingerprint density at radius 3 is 2.86 bits per heavy atom. The molecule has 2 aromatic rings. The molecule has 0 spiro atoms. The van der Waals surface area contributed by atoms with E-state index in [1.54, 1.807) is 0 Å². The second-order valence-corrected chi connectivity index (χ2v) is 7.17. The standard InChI is InChI=1S/C15H15BrN2O2S/c16-10-4-5-11-12(8-10)17-14(9-2-1-3-9)18-15(11)21-7-6-13(19)20/h4-5,8-9H,1-3,6-7H2,(H,19,20). The zero-order valence-corrected chi connectivity index (χ0v) is 13.8. The van der Waals surface area contributed by atoms with Crippen LogP contribution in [0.4, 0.5) is 0 Å². The van der Waals surface area contributed by atoms with E-state index >= 15 is 0 Å². The smallest absolute Gasteiger partial charge is 0.304 e. The largest absolute Gasteiger partial charge is 0.481 e. The minimum absolute atomic E-state index is 0.144. The van der Waals surface area contributed by atoms with E-state index in [1.807, 2.05) is 18.2 Å². The van der Waals surface area contributed by atoms with Crippen molar-refractivity contribution in [3.05, 3.63) is 28.5 Å². The van der Waals surface area contributed by atoms with E-state index in [0.29, 0.717) is 11.7 Å². The Hall–Kier alpha value is -1.14. The molecular formula is C15H15BrN2O2S. The van der Waals surface area contributed by atoms with Crippen LogP contribution in [0.15, 0.2) is 27.7 Å². The number of fused-ring (bicyclic) bond motifs is 1. The van der Waals surface area contributed by atoms with Gasteiger partial charge in [-0.25, -0.2) is 9.97 Å². The molecule has 6 heteroatoms. The van der Waals surface area contributed by atoms with Gasteiger partial charge in [0.15, 0.2) is 0 Å². The van der Waals surface area contributed by atoms with Crippen LogP contribution in [-0.4, -0.2) is 26.8 Å². The Labute approximate surface area is 135 Å². The summed E-state index contributed by atoms with van der Waals surface area (Å²) in [5.41, 5.74) is 0.930. The van der Waals surface area contributed by atoms with Gasteiger partial charge in [0.2, 0.25) is 0 Å². The average molecular weight is 367 g/mol. The highest BCUT2D eigenvalue weighted by molar-refractivity contribution is 9.10. The Morgan fingerprint density at radius 2 is 2.19 bits per heavy atom. The summed E-state index contributed by atoms with van der Waals surface area (Å²) in [5.74, 6) is 1.13.